The van der Waals surface area contributed by atoms with Crippen LogP contribution in [0.4, 0.5) is 0 Å². The second-order valence-electron chi connectivity index (χ2n) is 4.59. The van der Waals surface area contributed by atoms with E-state index in [1.807, 2.05) is 11.8 Å². The van der Waals surface area contributed by atoms with Gasteiger partial charge < -0.3 is 5.32 Å². The first-order chi connectivity index (χ1) is 6.75. The van der Waals surface area contributed by atoms with E-state index in [4.69, 9.17) is 0 Å². The summed E-state index contributed by atoms with van der Waals surface area (Å²) in [6.45, 7) is 5.60. The van der Waals surface area contributed by atoms with Crippen molar-refractivity contribution < 1.29 is 0 Å². The summed E-state index contributed by atoms with van der Waals surface area (Å²) in [7, 11) is 0. The molecule has 2 rings (SSSR count). The van der Waals surface area contributed by atoms with E-state index in [1.165, 1.54) is 30.9 Å². The lowest BCUT2D eigenvalue weighted by Gasteiger charge is -2.30. The summed E-state index contributed by atoms with van der Waals surface area (Å²) in [5.74, 6) is 0.822. The fourth-order valence-electron chi connectivity index (χ4n) is 2.25. The molecule has 1 aliphatic carbocycles. The fraction of sp³-hybridized carbons (Fsp3) is 0.909. The minimum atomic E-state index is 0.677. The first-order valence-electron chi connectivity index (χ1n) is 5.73. The molecule has 0 aromatic carbocycles. The van der Waals surface area contributed by atoms with Crippen molar-refractivity contribution in [2.45, 2.75) is 50.8 Å². The lowest BCUT2D eigenvalue weighted by molar-refractivity contribution is 0.310. The van der Waals surface area contributed by atoms with Crippen LogP contribution in [0.2, 0.25) is 0 Å². The van der Waals surface area contributed by atoms with E-state index in [0.29, 0.717) is 11.3 Å². The molecule has 0 aromatic rings. The zero-order valence-electron chi connectivity index (χ0n) is 9.12. The summed E-state index contributed by atoms with van der Waals surface area (Å²) in [6, 6.07) is 0.681. The highest BCUT2D eigenvalue weighted by atomic mass is 32.2. The zero-order chi connectivity index (χ0) is 9.97. The van der Waals surface area contributed by atoms with Gasteiger partial charge in [0.05, 0.1) is 6.54 Å². The second-order valence-corrected chi connectivity index (χ2v) is 6.01. The molecule has 1 heterocycles. The van der Waals surface area contributed by atoms with Crippen LogP contribution in [0.5, 0.6) is 0 Å². The van der Waals surface area contributed by atoms with Crippen LogP contribution in [0.1, 0.15) is 39.5 Å². The van der Waals surface area contributed by atoms with Gasteiger partial charge in [0, 0.05) is 11.3 Å². The first-order valence-corrected chi connectivity index (χ1v) is 6.61. The van der Waals surface area contributed by atoms with Crippen molar-refractivity contribution in [2.75, 3.05) is 6.54 Å². The summed E-state index contributed by atoms with van der Waals surface area (Å²) >= 11 is 1.90. The summed E-state index contributed by atoms with van der Waals surface area (Å²) in [6.07, 6.45) is 5.51. The Labute approximate surface area is 90.9 Å². The third kappa shape index (κ3) is 2.44. The molecule has 1 saturated carbocycles. The second kappa shape index (κ2) is 4.56. The third-order valence-corrected chi connectivity index (χ3v) is 4.25. The number of nitrogens with one attached hydrogen (secondary N) is 1. The summed E-state index contributed by atoms with van der Waals surface area (Å²) in [5.41, 5.74) is 0. The van der Waals surface area contributed by atoms with Gasteiger partial charge >= 0.3 is 0 Å². The monoisotopic (exact) mass is 212 g/mol. The molecular weight excluding hydrogens is 192 g/mol. The molecule has 0 spiro atoms. The molecule has 0 radical (unpaired) electrons. The molecule has 0 saturated heterocycles. The topological polar surface area (TPSA) is 24.4 Å². The lowest BCUT2D eigenvalue weighted by atomic mass is 9.86. The number of aliphatic imine (C=N–C) groups is 1. The number of nitrogens with zero attached hydrogens (tertiary/aromatic N) is 1. The first kappa shape index (κ1) is 10.3. The Balaban J connectivity index is 1.84. The largest absolute Gasteiger partial charge is 0.362 e. The average Bonchev–Trinajstić information content (AvgIpc) is 2.56. The Morgan fingerprint density at radius 3 is 2.71 bits per heavy atom. The molecule has 2 aliphatic rings. The average molecular weight is 212 g/mol. The maximum Gasteiger partial charge on any atom is 0.157 e. The molecule has 1 N–H and O–H groups in total. The molecule has 0 aromatic heterocycles. The summed E-state index contributed by atoms with van der Waals surface area (Å²) in [4.78, 5) is 4.51. The van der Waals surface area contributed by atoms with Gasteiger partial charge in [-0.1, -0.05) is 38.5 Å². The maximum absolute atomic E-state index is 4.51. The summed E-state index contributed by atoms with van der Waals surface area (Å²) in [5, 5.41) is 5.48. The Kier molecular flexibility index (Phi) is 3.37. The number of thioether (sulfide) groups is 1. The molecular formula is C11H20N2S. The van der Waals surface area contributed by atoms with E-state index < -0.39 is 0 Å². The van der Waals surface area contributed by atoms with Gasteiger partial charge in [-0.25, -0.2) is 0 Å². The Bertz CT molecular complexity index is 227. The van der Waals surface area contributed by atoms with Crippen molar-refractivity contribution in [3.63, 3.8) is 0 Å². The van der Waals surface area contributed by atoms with E-state index in [0.717, 1.165) is 12.5 Å². The molecule has 80 valence electrons. The predicted octanol–water partition coefficient (Wildman–Crippen LogP) is 2.65. The zero-order valence-corrected chi connectivity index (χ0v) is 9.94. The Morgan fingerprint density at radius 1 is 1.29 bits per heavy atom. The van der Waals surface area contributed by atoms with Gasteiger partial charge in [-0.05, 0) is 18.8 Å². The van der Waals surface area contributed by atoms with Crippen molar-refractivity contribution in [3.8, 4) is 0 Å². The molecule has 1 aliphatic heterocycles. The quantitative estimate of drug-likeness (QED) is 0.722. The van der Waals surface area contributed by atoms with Crippen LogP contribution in [0, 0.1) is 5.92 Å². The van der Waals surface area contributed by atoms with Gasteiger partial charge in [0.15, 0.2) is 5.17 Å². The standard InChI is InChI=1S/C11H20N2S/c1-8-5-3-4-6-10(8)13-11-12-7-9(2)14-11/h8-10H,3-7H2,1-2H3,(H,12,13)/t8-,9+,10-/m0/s1. The van der Waals surface area contributed by atoms with Crippen molar-refractivity contribution in [1.82, 2.24) is 5.32 Å². The van der Waals surface area contributed by atoms with Gasteiger partial charge in [0.1, 0.15) is 0 Å². The molecule has 2 nitrogen and oxygen atoms in total. The Hall–Kier alpha value is -0.180. The third-order valence-electron chi connectivity index (χ3n) is 3.23. The van der Waals surface area contributed by atoms with Gasteiger partial charge in [-0.15, -0.1) is 0 Å². The number of amidine groups is 1. The molecule has 3 heteroatoms. The predicted molar refractivity (Wildman–Crippen MR) is 63.9 cm³/mol. The number of hydrogen-bond donors (Lipinski definition) is 1. The molecule has 1 fully saturated rings. The van der Waals surface area contributed by atoms with Crippen molar-refractivity contribution in [2.24, 2.45) is 10.9 Å². The van der Waals surface area contributed by atoms with Crippen molar-refractivity contribution >= 4 is 16.9 Å². The molecule has 0 amide bonds. The van der Waals surface area contributed by atoms with E-state index in [2.05, 4.69) is 24.2 Å². The van der Waals surface area contributed by atoms with Crippen LogP contribution in [-0.2, 0) is 0 Å². The van der Waals surface area contributed by atoms with Crippen LogP contribution in [0.15, 0.2) is 4.99 Å². The SMILES string of the molecule is C[C@@H]1CN=C(N[C@H]2CCCC[C@@H]2C)S1. The maximum atomic E-state index is 4.51. The molecule has 0 bridgehead atoms. The Morgan fingerprint density at radius 2 is 2.07 bits per heavy atom. The lowest BCUT2D eigenvalue weighted by Crippen LogP contribution is -2.39. The van der Waals surface area contributed by atoms with Crippen LogP contribution >= 0.6 is 11.8 Å². The van der Waals surface area contributed by atoms with Crippen molar-refractivity contribution in [1.29, 1.82) is 0 Å². The summed E-state index contributed by atoms with van der Waals surface area (Å²) < 4.78 is 0. The van der Waals surface area contributed by atoms with Gasteiger partial charge in [-0.3, -0.25) is 4.99 Å². The van der Waals surface area contributed by atoms with E-state index >= 15 is 0 Å². The van der Waals surface area contributed by atoms with Crippen LogP contribution < -0.4 is 5.32 Å². The smallest absolute Gasteiger partial charge is 0.157 e. The van der Waals surface area contributed by atoms with Crippen LogP contribution in [0.25, 0.3) is 0 Å². The van der Waals surface area contributed by atoms with Gasteiger partial charge in [0.2, 0.25) is 0 Å². The van der Waals surface area contributed by atoms with Crippen LogP contribution in [-0.4, -0.2) is 23.0 Å². The van der Waals surface area contributed by atoms with E-state index in [-0.39, 0.29) is 0 Å². The highest BCUT2D eigenvalue weighted by Crippen LogP contribution is 2.26. The molecule has 3 atom stereocenters. The fourth-order valence-corrected chi connectivity index (χ4v) is 3.14. The van der Waals surface area contributed by atoms with Crippen LogP contribution in [0.3, 0.4) is 0 Å². The molecule has 0 unspecified atom stereocenters. The minimum Gasteiger partial charge on any atom is -0.362 e. The number of hydrogen-bond acceptors (Lipinski definition) is 3. The van der Waals surface area contributed by atoms with Gasteiger partial charge in [0.25, 0.3) is 0 Å². The van der Waals surface area contributed by atoms with Crippen molar-refractivity contribution in [3.05, 3.63) is 0 Å². The highest BCUT2D eigenvalue weighted by molar-refractivity contribution is 8.14. The minimum absolute atomic E-state index is 0.677. The normalized spacial score (nSPS) is 38.1. The van der Waals surface area contributed by atoms with Gasteiger partial charge in [-0.2, -0.15) is 0 Å². The highest BCUT2D eigenvalue weighted by Gasteiger charge is 2.24. The van der Waals surface area contributed by atoms with E-state index in [9.17, 15) is 0 Å². The van der Waals surface area contributed by atoms with E-state index in [1.54, 1.807) is 0 Å². The molecule has 14 heavy (non-hydrogen) atoms. The number of rotatable bonds is 1.